The maximum absolute atomic E-state index is 9.07. The second-order valence-electron chi connectivity index (χ2n) is 6.18. The van der Waals surface area contributed by atoms with E-state index >= 15 is 0 Å². The molecule has 2 rings (SSSR count). The van der Waals surface area contributed by atoms with E-state index in [0.29, 0.717) is 18.5 Å². The zero-order chi connectivity index (χ0) is 13.0. The van der Waals surface area contributed by atoms with Crippen molar-refractivity contribution in [3.05, 3.63) is 0 Å². The lowest BCUT2D eigenvalue weighted by molar-refractivity contribution is 0.00537. The SMILES string of the molecule is CC1CN(C)CC(CC#N)N1C1CCCCCC1. The largest absolute Gasteiger partial charge is 0.303 e. The minimum atomic E-state index is 0.451. The molecule has 1 aliphatic heterocycles. The van der Waals surface area contributed by atoms with Gasteiger partial charge in [0.1, 0.15) is 0 Å². The van der Waals surface area contributed by atoms with E-state index in [1.54, 1.807) is 0 Å². The van der Waals surface area contributed by atoms with Crippen LogP contribution in [0.1, 0.15) is 51.9 Å². The summed E-state index contributed by atoms with van der Waals surface area (Å²) in [5.74, 6) is 0. The zero-order valence-corrected chi connectivity index (χ0v) is 11.9. The highest BCUT2D eigenvalue weighted by Gasteiger charge is 2.35. The average molecular weight is 249 g/mol. The van der Waals surface area contributed by atoms with E-state index in [9.17, 15) is 0 Å². The van der Waals surface area contributed by atoms with E-state index in [1.165, 1.54) is 38.5 Å². The van der Waals surface area contributed by atoms with Gasteiger partial charge in [-0.3, -0.25) is 4.90 Å². The highest BCUT2D eigenvalue weighted by atomic mass is 15.3. The lowest BCUT2D eigenvalue weighted by Gasteiger charge is -2.48. The van der Waals surface area contributed by atoms with Gasteiger partial charge in [-0.1, -0.05) is 25.7 Å². The minimum Gasteiger partial charge on any atom is -0.303 e. The summed E-state index contributed by atoms with van der Waals surface area (Å²) < 4.78 is 0. The number of rotatable bonds is 2. The highest BCUT2D eigenvalue weighted by Crippen LogP contribution is 2.28. The highest BCUT2D eigenvalue weighted by molar-refractivity contribution is 4.94. The second-order valence-corrected chi connectivity index (χ2v) is 6.18. The van der Waals surface area contributed by atoms with Crippen LogP contribution in [0.25, 0.3) is 0 Å². The number of piperazine rings is 1. The van der Waals surface area contributed by atoms with Gasteiger partial charge in [0.2, 0.25) is 0 Å². The van der Waals surface area contributed by atoms with Crippen LogP contribution in [0.15, 0.2) is 0 Å². The predicted octanol–water partition coefficient (Wildman–Crippen LogP) is 2.63. The maximum Gasteiger partial charge on any atom is 0.0638 e. The Kier molecular flexibility index (Phi) is 5.03. The van der Waals surface area contributed by atoms with Crippen molar-refractivity contribution in [3.63, 3.8) is 0 Å². The topological polar surface area (TPSA) is 30.3 Å². The fraction of sp³-hybridized carbons (Fsp3) is 0.933. The molecule has 1 aliphatic carbocycles. The Morgan fingerprint density at radius 1 is 1.11 bits per heavy atom. The molecule has 3 nitrogen and oxygen atoms in total. The molecule has 18 heavy (non-hydrogen) atoms. The lowest BCUT2D eigenvalue weighted by atomic mass is 9.97. The van der Waals surface area contributed by atoms with E-state index in [0.717, 1.165) is 19.1 Å². The average Bonchev–Trinajstić information content (AvgIpc) is 2.57. The lowest BCUT2D eigenvalue weighted by Crippen LogP contribution is -2.59. The van der Waals surface area contributed by atoms with E-state index in [2.05, 4.69) is 29.8 Å². The van der Waals surface area contributed by atoms with Crippen molar-refractivity contribution in [1.82, 2.24) is 9.80 Å². The third-order valence-corrected chi connectivity index (χ3v) is 4.60. The van der Waals surface area contributed by atoms with Gasteiger partial charge in [-0.15, -0.1) is 0 Å². The van der Waals surface area contributed by atoms with Crippen molar-refractivity contribution in [1.29, 1.82) is 5.26 Å². The van der Waals surface area contributed by atoms with Gasteiger partial charge in [0, 0.05) is 31.2 Å². The molecule has 0 aromatic heterocycles. The van der Waals surface area contributed by atoms with Gasteiger partial charge < -0.3 is 4.90 Å². The summed E-state index contributed by atoms with van der Waals surface area (Å²) in [6.07, 6.45) is 8.94. The van der Waals surface area contributed by atoms with Crippen molar-refractivity contribution < 1.29 is 0 Å². The summed E-state index contributed by atoms with van der Waals surface area (Å²) in [6, 6.07) is 4.18. The normalized spacial score (nSPS) is 32.9. The predicted molar refractivity (Wildman–Crippen MR) is 74.3 cm³/mol. The first-order valence-electron chi connectivity index (χ1n) is 7.55. The number of likely N-dealkylation sites (N-methyl/N-ethyl adjacent to an activating group) is 1. The number of nitriles is 1. The third-order valence-electron chi connectivity index (χ3n) is 4.60. The fourth-order valence-corrected chi connectivity index (χ4v) is 3.92. The molecule has 0 aromatic carbocycles. The Labute approximate surface area is 112 Å². The summed E-state index contributed by atoms with van der Waals surface area (Å²) in [4.78, 5) is 5.08. The fourth-order valence-electron chi connectivity index (χ4n) is 3.92. The second kappa shape index (κ2) is 6.54. The minimum absolute atomic E-state index is 0.451. The van der Waals surface area contributed by atoms with E-state index in [-0.39, 0.29) is 0 Å². The van der Waals surface area contributed by atoms with Crippen LogP contribution in [0.3, 0.4) is 0 Å². The van der Waals surface area contributed by atoms with Crippen LogP contribution in [0, 0.1) is 11.3 Å². The van der Waals surface area contributed by atoms with E-state index in [1.807, 2.05) is 0 Å². The molecule has 1 saturated heterocycles. The standard InChI is InChI=1S/C15H27N3/c1-13-11-17(2)12-15(9-10-16)18(13)14-7-5-3-4-6-8-14/h13-15H,3-9,11-12H2,1-2H3. The third kappa shape index (κ3) is 3.24. The van der Waals surface area contributed by atoms with Crippen LogP contribution in [-0.2, 0) is 0 Å². The van der Waals surface area contributed by atoms with Crippen LogP contribution >= 0.6 is 0 Å². The molecule has 3 heteroatoms. The van der Waals surface area contributed by atoms with Crippen LogP contribution in [0.4, 0.5) is 0 Å². The quantitative estimate of drug-likeness (QED) is 0.705. The molecule has 0 spiro atoms. The van der Waals surface area contributed by atoms with E-state index < -0.39 is 0 Å². The Balaban J connectivity index is 2.07. The van der Waals surface area contributed by atoms with Crippen molar-refractivity contribution in [2.24, 2.45) is 0 Å². The van der Waals surface area contributed by atoms with Crippen molar-refractivity contribution in [2.75, 3.05) is 20.1 Å². The summed E-state index contributed by atoms with van der Waals surface area (Å²) in [6.45, 7) is 4.55. The van der Waals surface area contributed by atoms with Crippen LogP contribution < -0.4 is 0 Å². The number of hydrogen-bond donors (Lipinski definition) is 0. The Hall–Kier alpha value is -0.590. The van der Waals surface area contributed by atoms with Crippen molar-refractivity contribution in [3.8, 4) is 6.07 Å². The van der Waals surface area contributed by atoms with Crippen LogP contribution in [-0.4, -0.2) is 48.1 Å². The molecule has 0 N–H and O–H groups in total. The Morgan fingerprint density at radius 3 is 2.39 bits per heavy atom. The first-order chi connectivity index (χ1) is 8.72. The monoisotopic (exact) mass is 249 g/mol. The first-order valence-corrected chi connectivity index (χ1v) is 7.55. The molecular weight excluding hydrogens is 222 g/mol. The van der Waals surface area contributed by atoms with Gasteiger partial charge in [-0.2, -0.15) is 5.26 Å². The number of hydrogen-bond acceptors (Lipinski definition) is 3. The first kappa shape index (κ1) is 13.8. The summed E-state index contributed by atoms with van der Waals surface area (Å²) in [7, 11) is 2.19. The van der Waals surface area contributed by atoms with Gasteiger partial charge in [0.15, 0.2) is 0 Å². The molecule has 0 amide bonds. The van der Waals surface area contributed by atoms with Gasteiger partial charge in [-0.25, -0.2) is 0 Å². The smallest absolute Gasteiger partial charge is 0.0638 e. The van der Waals surface area contributed by atoms with E-state index in [4.69, 9.17) is 5.26 Å². The molecule has 0 aromatic rings. The molecule has 2 atom stereocenters. The van der Waals surface area contributed by atoms with Crippen LogP contribution in [0.2, 0.25) is 0 Å². The summed E-state index contributed by atoms with van der Waals surface area (Å²) >= 11 is 0. The maximum atomic E-state index is 9.07. The molecule has 2 fully saturated rings. The van der Waals surface area contributed by atoms with Crippen LogP contribution in [0.5, 0.6) is 0 Å². The van der Waals surface area contributed by atoms with Gasteiger partial charge >= 0.3 is 0 Å². The zero-order valence-electron chi connectivity index (χ0n) is 11.9. The molecule has 1 heterocycles. The molecule has 0 bridgehead atoms. The molecule has 2 aliphatic rings. The molecule has 1 saturated carbocycles. The summed E-state index contributed by atoms with van der Waals surface area (Å²) in [5.41, 5.74) is 0. The molecule has 2 unspecified atom stereocenters. The van der Waals surface area contributed by atoms with Crippen molar-refractivity contribution in [2.45, 2.75) is 70.0 Å². The number of nitrogens with zero attached hydrogens (tertiary/aromatic N) is 3. The van der Waals surface area contributed by atoms with Gasteiger partial charge in [-0.05, 0) is 26.8 Å². The molecule has 0 radical (unpaired) electrons. The molecular formula is C15H27N3. The molecule has 102 valence electrons. The van der Waals surface area contributed by atoms with Gasteiger partial charge in [0.25, 0.3) is 0 Å². The summed E-state index contributed by atoms with van der Waals surface area (Å²) in [5, 5.41) is 9.07. The van der Waals surface area contributed by atoms with Crippen molar-refractivity contribution >= 4 is 0 Å². The Bertz CT molecular complexity index is 289. The van der Waals surface area contributed by atoms with Gasteiger partial charge in [0.05, 0.1) is 12.5 Å². The Morgan fingerprint density at radius 2 is 1.78 bits per heavy atom.